The number of likely N-dealkylation sites (tertiary alicyclic amines) is 1. The van der Waals surface area contributed by atoms with Gasteiger partial charge < -0.3 is 24.4 Å². The van der Waals surface area contributed by atoms with Gasteiger partial charge in [0.25, 0.3) is 0 Å². The molecule has 0 saturated carbocycles. The molecule has 258 valence electrons. The Hall–Kier alpha value is -5.03. The standard InChI is InChI=1S/C38H43N3O7S/c1-28-34(39-49(2,45)46)15-9-17-35(28)40(26-29-11-4-3-5-12-29)27-30-19-21-31(22-20-30)48-33-14-8-13-32(25-33)47-24-10-18-37(42)41-23-7-6-16-36(41)38(43)44/h3-5,8-9,11-15,17,19-22,25,36,39H,6-7,10,16,18,23-24,26-27H2,1-2H3,(H,43,44). The summed E-state index contributed by atoms with van der Waals surface area (Å²) in [7, 11) is -3.43. The van der Waals surface area contributed by atoms with E-state index in [4.69, 9.17) is 9.47 Å². The van der Waals surface area contributed by atoms with Crippen LogP contribution in [0.4, 0.5) is 11.4 Å². The Morgan fingerprint density at radius 3 is 2.29 bits per heavy atom. The number of nitrogens with one attached hydrogen (secondary N) is 1. The van der Waals surface area contributed by atoms with E-state index >= 15 is 0 Å². The molecule has 1 saturated heterocycles. The number of nitrogens with zero attached hydrogens (tertiary/aromatic N) is 2. The summed E-state index contributed by atoms with van der Waals surface area (Å²) in [5, 5.41) is 9.45. The summed E-state index contributed by atoms with van der Waals surface area (Å²) in [6.07, 6.45) is 4.01. The first-order valence-electron chi connectivity index (χ1n) is 16.4. The number of carbonyl (C=O) groups is 2. The molecule has 1 atom stereocenters. The first kappa shape index (κ1) is 35.3. The number of anilines is 2. The molecule has 0 bridgehead atoms. The van der Waals surface area contributed by atoms with Gasteiger partial charge >= 0.3 is 5.97 Å². The SMILES string of the molecule is Cc1c(NS(C)(=O)=O)cccc1N(Cc1ccccc1)Cc1ccc(Oc2cccc(OCCCC(=O)N3CCCCC3C(=O)O)c2)cc1. The van der Waals surface area contributed by atoms with E-state index in [1.165, 1.54) is 4.90 Å². The first-order chi connectivity index (χ1) is 23.6. The molecule has 1 aliphatic heterocycles. The average Bonchev–Trinajstić information content (AvgIpc) is 3.08. The van der Waals surface area contributed by atoms with Gasteiger partial charge in [0, 0.05) is 37.8 Å². The Morgan fingerprint density at radius 1 is 0.878 bits per heavy atom. The van der Waals surface area contributed by atoms with Gasteiger partial charge in [0.05, 0.1) is 18.6 Å². The van der Waals surface area contributed by atoms with Crippen LogP contribution in [0.25, 0.3) is 0 Å². The number of amides is 1. The van der Waals surface area contributed by atoms with Gasteiger partial charge in [-0.05, 0) is 85.7 Å². The second-order valence-corrected chi connectivity index (χ2v) is 14.0. The number of ether oxygens (including phenoxy) is 2. The number of sulfonamides is 1. The van der Waals surface area contributed by atoms with Gasteiger partial charge in [0.2, 0.25) is 15.9 Å². The summed E-state index contributed by atoms with van der Waals surface area (Å²) in [5.74, 6) is 0.791. The Bertz CT molecular complexity index is 1830. The molecule has 1 aliphatic rings. The molecule has 11 heteroatoms. The topological polar surface area (TPSA) is 125 Å². The molecule has 1 fully saturated rings. The molecule has 5 rings (SSSR count). The predicted octanol–water partition coefficient (Wildman–Crippen LogP) is 6.99. The predicted molar refractivity (Wildman–Crippen MR) is 191 cm³/mol. The maximum absolute atomic E-state index is 12.7. The van der Waals surface area contributed by atoms with Crippen molar-refractivity contribution in [3.05, 3.63) is 114 Å². The van der Waals surface area contributed by atoms with Crippen LogP contribution in [0.2, 0.25) is 0 Å². The molecule has 1 heterocycles. The van der Waals surface area contributed by atoms with Gasteiger partial charge in [-0.3, -0.25) is 9.52 Å². The number of hydrogen-bond donors (Lipinski definition) is 2. The molecular formula is C38H43N3O7S. The van der Waals surface area contributed by atoms with Gasteiger partial charge in [0.15, 0.2) is 0 Å². The summed E-state index contributed by atoms with van der Waals surface area (Å²) in [5.41, 5.74) is 4.50. The van der Waals surface area contributed by atoms with Crippen molar-refractivity contribution in [3.8, 4) is 17.2 Å². The van der Waals surface area contributed by atoms with Crippen molar-refractivity contribution in [2.45, 2.75) is 58.2 Å². The minimum Gasteiger partial charge on any atom is -0.493 e. The maximum Gasteiger partial charge on any atom is 0.326 e. The van der Waals surface area contributed by atoms with Crippen molar-refractivity contribution in [3.63, 3.8) is 0 Å². The van der Waals surface area contributed by atoms with E-state index in [1.807, 2.05) is 79.7 Å². The smallest absolute Gasteiger partial charge is 0.326 e. The van der Waals surface area contributed by atoms with Crippen molar-refractivity contribution in [1.82, 2.24) is 4.90 Å². The van der Waals surface area contributed by atoms with Crippen LogP contribution < -0.4 is 19.1 Å². The van der Waals surface area contributed by atoms with Crippen molar-refractivity contribution < 1.29 is 32.6 Å². The summed E-state index contributed by atoms with van der Waals surface area (Å²) < 4.78 is 38.6. The van der Waals surface area contributed by atoms with E-state index in [1.54, 1.807) is 12.1 Å². The van der Waals surface area contributed by atoms with Crippen LogP contribution in [0, 0.1) is 6.92 Å². The van der Waals surface area contributed by atoms with Crippen molar-refractivity contribution >= 4 is 33.3 Å². The highest BCUT2D eigenvalue weighted by Gasteiger charge is 2.31. The summed E-state index contributed by atoms with van der Waals surface area (Å²) in [4.78, 5) is 27.9. The molecule has 2 N–H and O–H groups in total. The molecule has 1 unspecified atom stereocenters. The van der Waals surface area contributed by atoms with E-state index in [0.717, 1.165) is 41.5 Å². The highest BCUT2D eigenvalue weighted by Crippen LogP contribution is 2.31. The number of benzene rings is 4. The van der Waals surface area contributed by atoms with Crippen LogP contribution in [0.5, 0.6) is 17.2 Å². The lowest BCUT2D eigenvalue weighted by Gasteiger charge is -2.33. The van der Waals surface area contributed by atoms with E-state index in [0.29, 0.717) is 62.0 Å². The Labute approximate surface area is 288 Å². The van der Waals surface area contributed by atoms with E-state index < -0.39 is 22.0 Å². The van der Waals surface area contributed by atoms with E-state index in [9.17, 15) is 23.1 Å². The molecule has 49 heavy (non-hydrogen) atoms. The zero-order chi connectivity index (χ0) is 34.8. The van der Waals surface area contributed by atoms with Gasteiger partial charge in [-0.1, -0.05) is 54.6 Å². The second kappa shape index (κ2) is 16.4. The zero-order valence-corrected chi connectivity index (χ0v) is 28.7. The van der Waals surface area contributed by atoms with E-state index in [2.05, 4.69) is 21.8 Å². The number of rotatable bonds is 15. The van der Waals surface area contributed by atoms with Crippen molar-refractivity contribution in [1.29, 1.82) is 0 Å². The average molecular weight is 686 g/mol. The number of carboxylic acids is 1. The van der Waals surface area contributed by atoms with Gasteiger partial charge in [0.1, 0.15) is 23.3 Å². The highest BCUT2D eigenvalue weighted by atomic mass is 32.2. The maximum atomic E-state index is 12.7. The molecule has 1 amide bonds. The van der Waals surface area contributed by atoms with Crippen LogP contribution in [-0.2, 0) is 32.7 Å². The van der Waals surface area contributed by atoms with Crippen LogP contribution in [0.15, 0.2) is 97.1 Å². The van der Waals surface area contributed by atoms with Crippen LogP contribution in [0.1, 0.15) is 48.8 Å². The highest BCUT2D eigenvalue weighted by molar-refractivity contribution is 7.92. The number of piperidine rings is 1. The zero-order valence-electron chi connectivity index (χ0n) is 27.9. The van der Waals surface area contributed by atoms with Gasteiger partial charge in [-0.2, -0.15) is 0 Å². The first-order valence-corrected chi connectivity index (χ1v) is 18.3. The Balaban J connectivity index is 1.19. The number of carbonyl (C=O) groups excluding carboxylic acids is 1. The Kier molecular flexibility index (Phi) is 11.8. The van der Waals surface area contributed by atoms with Crippen LogP contribution in [0.3, 0.4) is 0 Å². The van der Waals surface area contributed by atoms with E-state index in [-0.39, 0.29) is 12.3 Å². The fourth-order valence-corrected chi connectivity index (χ4v) is 6.62. The summed E-state index contributed by atoms with van der Waals surface area (Å²) in [6.45, 7) is 3.94. The third-order valence-electron chi connectivity index (χ3n) is 8.41. The molecule has 0 aromatic heterocycles. The quantitative estimate of drug-likeness (QED) is 0.128. The molecular weight excluding hydrogens is 642 g/mol. The minimum atomic E-state index is -3.43. The van der Waals surface area contributed by atoms with Crippen molar-refractivity contribution in [2.75, 3.05) is 29.0 Å². The number of carboxylic acid groups (broad SMARTS) is 1. The second-order valence-electron chi connectivity index (χ2n) is 12.3. The largest absolute Gasteiger partial charge is 0.493 e. The van der Waals surface area contributed by atoms with Crippen molar-refractivity contribution in [2.24, 2.45) is 0 Å². The molecule has 0 radical (unpaired) electrons. The molecule has 0 spiro atoms. The fourth-order valence-electron chi connectivity index (χ4n) is 6.00. The molecule has 4 aromatic rings. The number of aliphatic carboxylic acids is 1. The lowest BCUT2D eigenvalue weighted by Crippen LogP contribution is -2.47. The number of hydrogen-bond acceptors (Lipinski definition) is 7. The molecule has 4 aromatic carbocycles. The van der Waals surface area contributed by atoms with Crippen LogP contribution >= 0.6 is 0 Å². The lowest BCUT2D eigenvalue weighted by atomic mass is 10.0. The third-order valence-corrected chi connectivity index (χ3v) is 9.00. The van der Waals surface area contributed by atoms with Gasteiger partial charge in [-0.25, -0.2) is 13.2 Å². The Morgan fingerprint density at radius 2 is 1.57 bits per heavy atom. The monoisotopic (exact) mass is 685 g/mol. The third kappa shape index (κ3) is 10.2. The summed E-state index contributed by atoms with van der Waals surface area (Å²) >= 11 is 0. The minimum absolute atomic E-state index is 0.146. The lowest BCUT2D eigenvalue weighted by molar-refractivity contribution is -0.152. The van der Waals surface area contributed by atoms with Crippen LogP contribution in [-0.4, -0.2) is 55.7 Å². The molecule has 0 aliphatic carbocycles. The normalized spacial score (nSPS) is 14.6. The van der Waals surface area contributed by atoms with Gasteiger partial charge in [-0.15, -0.1) is 0 Å². The summed E-state index contributed by atoms with van der Waals surface area (Å²) in [6, 6.07) is 30.2. The molecule has 10 nitrogen and oxygen atoms in total. The fraction of sp³-hybridized carbons (Fsp3) is 0.316.